The smallest absolute Gasteiger partial charge is 0.124 e. The van der Waals surface area contributed by atoms with Crippen molar-refractivity contribution in [2.45, 2.75) is 13.0 Å². The van der Waals surface area contributed by atoms with Crippen LogP contribution in [0, 0.1) is 6.92 Å². The van der Waals surface area contributed by atoms with Crippen LogP contribution in [0.2, 0.25) is 5.02 Å². The van der Waals surface area contributed by atoms with E-state index in [0.717, 1.165) is 5.56 Å². The van der Waals surface area contributed by atoms with Crippen molar-refractivity contribution in [2.75, 3.05) is 0 Å². The number of nitrogens with zero attached hydrogens (tertiary/aromatic N) is 2. The van der Waals surface area contributed by atoms with Gasteiger partial charge in [0, 0.05) is 23.0 Å². The van der Waals surface area contributed by atoms with E-state index in [-0.39, 0.29) is 0 Å². The maximum atomic E-state index is 10.1. The Morgan fingerprint density at radius 2 is 2.12 bits per heavy atom. The van der Waals surface area contributed by atoms with Crippen LogP contribution in [0.4, 0.5) is 0 Å². The Morgan fingerprint density at radius 3 is 2.75 bits per heavy atom. The molecule has 2 rings (SSSR count). The van der Waals surface area contributed by atoms with Crippen LogP contribution in [0.5, 0.6) is 0 Å². The van der Waals surface area contributed by atoms with Gasteiger partial charge in [-0.2, -0.15) is 0 Å². The topological polar surface area (TPSA) is 46.0 Å². The lowest BCUT2D eigenvalue weighted by Crippen LogP contribution is -2.03. The quantitative estimate of drug-likeness (QED) is 0.869. The molecule has 1 N–H and O–H groups in total. The molecule has 0 bridgehead atoms. The summed E-state index contributed by atoms with van der Waals surface area (Å²) in [6, 6.07) is 5.52. The van der Waals surface area contributed by atoms with Crippen molar-refractivity contribution in [2.24, 2.45) is 0 Å². The molecule has 3 nitrogen and oxygen atoms in total. The summed E-state index contributed by atoms with van der Waals surface area (Å²) in [4.78, 5) is 7.96. The normalized spacial score (nSPS) is 12.4. The summed E-state index contributed by atoms with van der Waals surface area (Å²) in [6.45, 7) is 1.95. The second kappa shape index (κ2) is 4.60. The van der Waals surface area contributed by atoms with Crippen molar-refractivity contribution in [1.29, 1.82) is 0 Å². The van der Waals surface area contributed by atoms with Crippen LogP contribution in [0.1, 0.15) is 22.9 Å². The van der Waals surface area contributed by atoms with Crippen molar-refractivity contribution in [1.82, 2.24) is 9.97 Å². The average Bonchev–Trinajstić information content (AvgIpc) is 2.29. The number of aliphatic hydroxyl groups is 1. The van der Waals surface area contributed by atoms with Gasteiger partial charge in [-0.05, 0) is 18.6 Å². The summed E-state index contributed by atoms with van der Waals surface area (Å²) in [6.07, 6.45) is 3.80. The minimum Gasteiger partial charge on any atom is -0.382 e. The molecule has 0 aliphatic rings. The highest BCUT2D eigenvalue weighted by Crippen LogP contribution is 2.27. The first kappa shape index (κ1) is 11.0. The lowest BCUT2D eigenvalue weighted by atomic mass is 10.1. The van der Waals surface area contributed by atoms with E-state index in [1.54, 1.807) is 18.5 Å². The van der Waals surface area contributed by atoms with Crippen LogP contribution in [-0.4, -0.2) is 15.1 Å². The second-order valence-electron chi connectivity index (χ2n) is 3.56. The van der Waals surface area contributed by atoms with Crippen LogP contribution in [0.15, 0.2) is 36.8 Å². The fourth-order valence-corrected chi connectivity index (χ4v) is 1.80. The first-order valence-corrected chi connectivity index (χ1v) is 5.26. The Balaban J connectivity index is 2.38. The monoisotopic (exact) mass is 234 g/mol. The molecule has 1 aromatic carbocycles. The van der Waals surface area contributed by atoms with Gasteiger partial charge in [-0.3, -0.25) is 9.97 Å². The maximum absolute atomic E-state index is 10.1. The van der Waals surface area contributed by atoms with E-state index in [1.807, 2.05) is 19.1 Å². The predicted octanol–water partition coefficient (Wildman–Crippen LogP) is 2.52. The molecule has 1 heterocycles. The number of aliphatic hydroxyl groups excluding tert-OH is 1. The molecule has 1 aromatic heterocycles. The molecule has 16 heavy (non-hydrogen) atoms. The number of hydrogen-bond donors (Lipinski definition) is 1. The Kier molecular flexibility index (Phi) is 3.17. The third-order valence-corrected chi connectivity index (χ3v) is 2.64. The molecule has 0 amide bonds. The van der Waals surface area contributed by atoms with E-state index in [1.165, 1.54) is 6.20 Å². The van der Waals surface area contributed by atoms with Gasteiger partial charge in [0.1, 0.15) is 6.10 Å². The predicted molar refractivity (Wildman–Crippen MR) is 62.3 cm³/mol. The molecule has 0 saturated heterocycles. The summed E-state index contributed by atoms with van der Waals surface area (Å²) in [7, 11) is 0. The van der Waals surface area contributed by atoms with Gasteiger partial charge in [0.15, 0.2) is 0 Å². The standard InChI is InChI=1S/C12H11ClN2O/c1-8-2-3-9(10(13)6-8)12(16)11-7-14-4-5-15-11/h2-7,12,16H,1H3. The fraction of sp³-hybridized carbons (Fsp3) is 0.167. The minimum atomic E-state index is -0.832. The zero-order valence-corrected chi connectivity index (χ0v) is 9.52. The molecule has 0 spiro atoms. The lowest BCUT2D eigenvalue weighted by molar-refractivity contribution is 0.215. The van der Waals surface area contributed by atoms with E-state index in [9.17, 15) is 5.11 Å². The zero-order chi connectivity index (χ0) is 11.5. The summed E-state index contributed by atoms with van der Waals surface area (Å²) in [5.41, 5.74) is 2.20. The molecular weight excluding hydrogens is 224 g/mol. The summed E-state index contributed by atoms with van der Waals surface area (Å²) in [5.74, 6) is 0. The Bertz CT molecular complexity index is 488. The van der Waals surface area contributed by atoms with Gasteiger partial charge in [-0.25, -0.2) is 0 Å². The molecule has 0 aliphatic heterocycles. The van der Waals surface area contributed by atoms with Crippen molar-refractivity contribution in [3.8, 4) is 0 Å². The first-order valence-electron chi connectivity index (χ1n) is 4.88. The van der Waals surface area contributed by atoms with E-state index in [4.69, 9.17) is 11.6 Å². The van der Waals surface area contributed by atoms with Gasteiger partial charge < -0.3 is 5.11 Å². The molecule has 1 atom stereocenters. The van der Waals surface area contributed by atoms with Crippen LogP contribution in [0.25, 0.3) is 0 Å². The molecular formula is C12H11ClN2O. The highest BCUT2D eigenvalue weighted by atomic mass is 35.5. The van der Waals surface area contributed by atoms with E-state index in [0.29, 0.717) is 16.3 Å². The van der Waals surface area contributed by atoms with Crippen molar-refractivity contribution >= 4 is 11.6 Å². The number of aromatic nitrogens is 2. The number of hydrogen-bond acceptors (Lipinski definition) is 3. The molecule has 1 unspecified atom stereocenters. The van der Waals surface area contributed by atoms with Gasteiger partial charge in [0.25, 0.3) is 0 Å². The Morgan fingerprint density at radius 1 is 1.31 bits per heavy atom. The summed E-state index contributed by atoms with van der Waals surface area (Å²) >= 11 is 6.07. The first-order chi connectivity index (χ1) is 7.68. The van der Waals surface area contributed by atoms with Crippen molar-refractivity contribution in [3.63, 3.8) is 0 Å². The summed E-state index contributed by atoms with van der Waals surface area (Å²) < 4.78 is 0. The van der Waals surface area contributed by atoms with Gasteiger partial charge >= 0.3 is 0 Å². The number of aryl methyl sites for hydroxylation is 1. The minimum absolute atomic E-state index is 0.494. The van der Waals surface area contributed by atoms with Crippen LogP contribution >= 0.6 is 11.6 Å². The SMILES string of the molecule is Cc1ccc(C(O)c2cnccn2)c(Cl)c1. The fourth-order valence-electron chi connectivity index (χ4n) is 1.47. The second-order valence-corrected chi connectivity index (χ2v) is 3.96. The third-order valence-electron chi connectivity index (χ3n) is 2.31. The Hall–Kier alpha value is -1.45. The highest BCUT2D eigenvalue weighted by Gasteiger charge is 2.14. The van der Waals surface area contributed by atoms with Gasteiger partial charge in [-0.15, -0.1) is 0 Å². The van der Waals surface area contributed by atoms with Crippen LogP contribution in [-0.2, 0) is 0 Å². The number of halogens is 1. The van der Waals surface area contributed by atoms with Crippen LogP contribution in [0.3, 0.4) is 0 Å². The van der Waals surface area contributed by atoms with E-state index >= 15 is 0 Å². The Labute approximate surface area is 98.8 Å². The van der Waals surface area contributed by atoms with Gasteiger partial charge in [0.05, 0.1) is 11.9 Å². The largest absolute Gasteiger partial charge is 0.382 e. The summed E-state index contributed by atoms with van der Waals surface area (Å²) in [5, 5.41) is 10.6. The van der Waals surface area contributed by atoms with Crippen molar-refractivity contribution < 1.29 is 5.11 Å². The zero-order valence-electron chi connectivity index (χ0n) is 8.76. The molecule has 0 fully saturated rings. The molecule has 82 valence electrons. The third kappa shape index (κ3) is 2.21. The lowest BCUT2D eigenvalue weighted by Gasteiger charge is -2.11. The maximum Gasteiger partial charge on any atom is 0.124 e. The average molecular weight is 235 g/mol. The number of benzene rings is 1. The van der Waals surface area contributed by atoms with Crippen LogP contribution < -0.4 is 0 Å². The van der Waals surface area contributed by atoms with Crippen molar-refractivity contribution in [3.05, 3.63) is 58.6 Å². The molecule has 0 aliphatic carbocycles. The van der Waals surface area contributed by atoms with E-state index < -0.39 is 6.10 Å². The van der Waals surface area contributed by atoms with E-state index in [2.05, 4.69) is 9.97 Å². The van der Waals surface area contributed by atoms with Gasteiger partial charge in [0.2, 0.25) is 0 Å². The highest BCUT2D eigenvalue weighted by molar-refractivity contribution is 6.31. The molecule has 2 aromatic rings. The molecule has 0 saturated carbocycles. The number of rotatable bonds is 2. The molecule has 0 radical (unpaired) electrons. The molecule has 4 heteroatoms. The van der Waals surface area contributed by atoms with Gasteiger partial charge in [-0.1, -0.05) is 23.7 Å².